The normalized spacial score (nSPS) is 17.2. The summed E-state index contributed by atoms with van der Waals surface area (Å²) >= 11 is 0. The third-order valence-corrected chi connectivity index (χ3v) is 16.3. The van der Waals surface area contributed by atoms with Gasteiger partial charge in [-0.2, -0.15) is 11.6 Å². The van der Waals surface area contributed by atoms with Gasteiger partial charge in [0.1, 0.15) is 0 Å². The second kappa shape index (κ2) is 14.3. The monoisotopic (exact) mass is 575 g/mol. The van der Waals surface area contributed by atoms with Crippen LogP contribution in [0, 0.1) is 0 Å². The first kappa shape index (κ1) is 28.9. The van der Waals surface area contributed by atoms with E-state index in [0.29, 0.717) is 0 Å². The zero-order valence-electron chi connectivity index (χ0n) is 24.7. The van der Waals surface area contributed by atoms with Gasteiger partial charge in [0.15, 0.2) is 0 Å². The summed E-state index contributed by atoms with van der Waals surface area (Å²) in [5.74, 6) is 1.78. The van der Waals surface area contributed by atoms with Gasteiger partial charge in [0.25, 0.3) is 0 Å². The predicted molar refractivity (Wildman–Crippen MR) is 187 cm³/mol. The molecule has 41 heavy (non-hydrogen) atoms. The standard InChI is InChI=1S/C38H46BP2/c1-7-19-33(20-8-1)39(34-21-9-2-10-22-34,31-40(35-23-11-3-12-24-35)36-25-13-4-14-26-36)32-41(37-27-15-5-16-28-37)38-29-17-6-18-30-38/h3-6,11-18,23-30,33-34H,1-2,7-10,19-22,31-32H2/q-1. The van der Waals surface area contributed by atoms with Crippen LogP contribution in [0.2, 0.25) is 11.6 Å². The lowest BCUT2D eigenvalue weighted by molar-refractivity contribution is 0.453. The molecule has 212 valence electrons. The Bertz CT molecular complexity index is 1120. The molecule has 0 radical (unpaired) electrons. The summed E-state index contributed by atoms with van der Waals surface area (Å²) in [6, 6.07) is 49.4. The number of benzene rings is 4. The minimum atomic E-state index is -0.611. The summed E-state index contributed by atoms with van der Waals surface area (Å²) in [4.78, 5) is 0. The molecule has 0 heterocycles. The first-order valence-electron chi connectivity index (χ1n) is 16.3. The highest BCUT2D eigenvalue weighted by atomic mass is 31.1. The highest BCUT2D eigenvalue weighted by molar-refractivity contribution is 7.78. The van der Waals surface area contributed by atoms with Gasteiger partial charge >= 0.3 is 0 Å². The average Bonchev–Trinajstić information content (AvgIpc) is 3.07. The van der Waals surface area contributed by atoms with Crippen LogP contribution in [0.15, 0.2) is 121 Å². The minimum Gasteiger partial charge on any atom is -0.165 e. The summed E-state index contributed by atoms with van der Waals surface area (Å²) < 4.78 is 0. The van der Waals surface area contributed by atoms with Crippen LogP contribution in [0.25, 0.3) is 0 Å². The lowest BCUT2D eigenvalue weighted by Crippen LogP contribution is -2.55. The minimum absolute atomic E-state index is 0.419. The van der Waals surface area contributed by atoms with Crippen molar-refractivity contribution in [1.82, 2.24) is 0 Å². The Morgan fingerprint density at radius 3 is 0.927 bits per heavy atom. The summed E-state index contributed by atoms with van der Waals surface area (Å²) in [5.41, 5.74) is 0. The molecule has 4 aromatic rings. The lowest BCUT2D eigenvalue weighted by Gasteiger charge is -2.58. The second-order valence-electron chi connectivity index (χ2n) is 12.8. The summed E-state index contributed by atoms with van der Waals surface area (Å²) in [5, 5.41) is 6.32. The molecule has 0 saturated heterocycles. The molecule has 2 aliphatic carbocycles. The number of rotatable bonds is 10. The van der Waals surface area contributed by atoms with E-state index in [1.165, 1.54) is 76.3 Å². The number of hydrogen-bond donors (Lipinski definition) is 0. The SMILES string of the molecule is c1ccc(P(C[B-](CP(c2ccccc2)c2ccccc2)(C2CCCCC2)C2CCCCC2)c2ccccc2)cc1. The van der Waals surface area contributed by atoms with Crippen molar-refractivity contribution in [2.75, 3.05) is 12.1 Å². The average molecular weight is 576 g/mol. The topological polar surface area (TPSA) is 0 Å². The van der Waals surface area contributed by atoms with Gasteiger partial charge in [0, 0.05) is 6.15 Å². The molecule has 0 aliphatic heterocycles. The fraction of sp³-hybridized carbons (Fsp3) is 0.368. The van der Waals surface area contributed by atoms with Crippen LogP contribution in [-0.4, -0.2) is 18.3 Å². The van der Waals surface area contributed by atoms with Crippen LogP contribution in [0.1, 0.15) is 64.2 Å². The Kier molecular flexibility index (Phi) is 10.1. The van der Waals surface area contributed by atoms with Gasteiger partial charge in [0.05, 0.1) is 0 Å². The molecule has 0 amide bonds. The molecule has 2 aliphatic rings. The largest absolute Gasteiger partial charge is 0.165 e. The molecule has 2 saturated carbocycles. The third kappa shape index (κ3) is 6.90. The molecule has 0 spiro atoms. The van der Waals surface area contributed by atoms with Crippen LogP contribution in [0.4, 0.5) is 0 Å². The predicted octanol–water partition coefficient (Wildman–Crippen LogP) is 9.45. The van der Waals surface area contributed by atoms with Gasteiger partial charge in [-0.15, -0.1) is 12.1 Å². The van der Waals surface area contributed by atoms with Crippen molar-refractivity contribution in [2.45, 2.75) is 75.8 Å². The van der Waals surface area contributed by atoms with Crippen molar-refractivity contribution < 1.29 is 0 Å². The molecule has 0 aromatic heterocycles. The maximum atomic E-state index is 2.44. The smallest absolute Gasteiger partial charge is 0.0172 e. The zero-order chi connectivity index (χ0) is 27.7. The fourth-order valence-electron chi connectivity index (χ4n) is 8.47. The Morgan fingerprint density at radius 1 is 0.390 bits per heavy atom. The lowest BCUT2D eigenvalue weighted by atomic mass is 9.13. The van der Waals surface area contributed by atoms with Crippen molar-refractivity contribution in [3.8, 4) is 0 Å². The van der Waals surface area contributed by atoms with Crippen LogP contribution >= 0.6 is 15.8 Å². The van der Waals surface area contributed by atoms with Gasteiger partial charge in [0.2, 0.25) is 0 Å². The summed E-state index contributed by atoms with van der Waals surface area (Å²) in [7, 11) is -0.837. The van der Waals surface area contributed by atoms with Gasteiger partial charge < -0.3 is 0 Å². The first-order chi connectivity index (χ1) is 20.3. The van der Waals surface area contributed by atoms with E-state index in [4.69, 9.17) is 0 Å². The Labute approximate surface area is 251 Å². The molecule has 0 atom stereocenters. The molecule has 0 N–H and O–H groups in total. The van der Waals surface area contributed by atoms with Gasteiger partial charge in [-0.05, 0) is 21.2 Å². The second-order valence-corrected chi connectivity index (χ2v) is 17.3. The van der Waals surface area contributed by atoms with Crippen molar-refractivity contribution in [2.24, 2.45) is 0 Å². The van der Waals surface area contributed by atoms with Crippen molar-refractivity contribution >= 4 is 43.2 Å². The highest BCUT2D eigenvalue weighted by Crippen LogP contribution is 2.57. The Morgan fingerprint density at radius 2 is 0.659 bits per heavy atom. The highest BCUT2D eigenvalue weighted by Gasteiger charge is 2.43. The van der Waals surface area contributed by atoms with Gasteiger partial charge in [-0.3, -0.25) is 0 Å². The Balaban J connectivity index is 1.51. The van der Waals surface area contributed by atoms with Crippen LogP contribution < -0.4 is 21.2 Å². The van der Waals surface area contributed by atoms with Crippen LogP contribution in [0.3, 0.4) is 0 Å². The van der Waals surface area contributed by atoms with Crippen LogP contribution in [0.5, 0.6) is 0 Å². The fourth-order valence-corrected chi connectivity index (χ4v) is 15.0. The van der Waals surface area contributed by atoms with E-state index in [1.807, 2.05) is 0 Å². The summed E-state index contributed by atoms with van der Waals surface area (Å²) in [6.07, 6.45) is 13.8. The van der Waals surface area contributed by atoms with E-state index in [-0.39, 0.29) is 0 Å². The maximum Gasteiger partial charge on any atom is 0.0172 e. The van der Waals surface area contributed by atoms with E-state index >= 15 is 0 Å². The van der Waals surface area contributed by atoms with Crippen LogP contribution in [-0.2, 0) is 0 Å². The van der Waals surface area contributed by atoms with E-state index in [1.54, 1.807) is 21.2 Å². The molecule has 2 fully saturated rings. The molecule has 0 nitrogen and oxygen atoms in total. The molecular weight excluding hydrogens is 529 g/mol. The molecule has 6 rings (SSSR count). The van der Waals surface area contributed by atoms with E-state index in [2.05, 4.69) is 121 Å². The third-order valence-electron chi connectivity index (χ3n) is 10.5. The van der Waals surface area contributed by atoms with Crippen molar-refractivity contribution in [3.05, 3.63) is 121 Å². The quantitative estimate of drug-likeness (QED) is 0.131. The molecule has 0 bridgehead atoms. The van der Waals surface area contributed by atoms with E-state index in [0.717, 1.165) is 11.6 Å². The van der Waals surface area contributed by atoms with Gasteiger partial charge in [-0.1, -0.05) is 201 Å². The van der Waals surface area contributed by atoms with Gasteiger partial charge in [-0.25, -0.2) is 0 Å². The van der Waals surface area contributed by atoms with E-state index in [9.17, 15) is 0 Å². The molecule has 3 heteroatoms. The van der Waals surface area contributed by atoms with Crippen molar-refractivity contribution in [3.63, 3.8) is 0 Å². The van der Waals surface area contributed by atoms with Crippen molar-refractivity contribution in [1.29, 1.82) is 0 Å². The molecular formula is C38H46BP2-. The zero-order valence-corrected chi connectivity index (χ0v) is 26.4. The van der Waals surface area contributed by atoms with E-state index < -0.39 is 22.0 Å². The maximum absolute atomic E-state index is 2.44. The molecule has 4 aromatic carbocycles. The molecule has 0 unspecified atom stereocenters. The number of hydrogen-bond acceptors (Lipinski definition) is 0. The summed E-state index contributed by atoms with van der Waals surface area (Å²) in [6.45, 7) is 0. The Hall–Kier alpha value is -2.20. The first-order valence-corrected chi connectivity index (χ1v) is 19.3.